The molecule has 4 nitrogen and oxygen atoms in total. The number of nitrogens with one attached hydrogen (secondary N) is 1. The first-order valence-corrected chi connectivity index (χ1v) is 7.62. The Bertz CT molecular complexity index is 836. The minimum atomic E-state index is -0.312. The van der Waals surface area contributed by atoms with E-state index in [1.807, 2.05) is 0 Å². The summed E-state index contributed by atoms with van der Waals surface area (Å²) >= 11 is 0. The van der Waals surface area contributed by atoms with Gasteiger partial charge in [0.2, 0.25) is 0 Å². The van der Waals surface area contributed by atoms with Gasteiger partial charge in [0.1, 0.15) is 11.6 Å². The second kappa shape index (κ2) is 5.62. The molecule has 0 bridgehead atoms. The standard InChI is InChI=1S/C17H16F2N4/c18-12-1-4-14(5-2-12)23-16-11-13(19)3-6-15(16)17(21-23)22-9-7-20-8-10-22/h1-6,11,20H,7-10H2. The number of anilines is 1. The summed E-state index contributed by atoms with van der Waals surface area (Å²) in [4.78, 5) is 2.19. The van der Waals surface area contributed by atoms with Crippen molar-refractivity contribution in [2.75, 3.05) is 31.1 Å². The molecule has 1 saturated heterocycles. The molecule has 4 rings (SSSR count). The van der Waals surface area contributed by atoms with Crippen LogP contribution in [0.4, 0.5) is 14.6 Å². The van der Waals surface area contributed by atoms with Gasteiger partial charge in [0.15, 0.2) is 5.82 Å². The summed E-state index contributed by atoms with van der Waals surface area (Å²) in [6, 6.07) is 10.7. The number of rotatable bonds is 2. The molecule has 2 aromatic carbocycles. The Hall–Kier alpha value is -2.47. The van der Waals surface area contributed by atoms with E-state index in [1.54, 1.807) is 22.9 Å². The molecule has 1 aromatic heterocycles. The molecule has 0 unspecified atom stereocenters. The zero-order valence-electron chi connectivity index (χ0n) is 12.5. The third-order valence-electron chi connectivity index (χ3n) is 4.11. The van der Waals surface area contributed by atoms with Crippen molar-refractivity contribution >= 4 is 16.7 Å². The monoisotopic (exact) mass is 314 g/mol. The van der Waals surface area contributed by atoms with Crippen LogP contribution in [0.25, 0.3) is 16.6 Å². The SMILES string of the molecule is Fc1ccc(-n2nc(N3CCNCC3)c3ccc(F)cc32)cc1. The zero-order valence-corrected chi connectivity index (χ0v) is 12.5. The molecular formula is C17H16F2N4. The van der Waals surface area contributed by atoms with E-state index < -0.39 is 0 Å². The summed E-state index contributed by atoms with van der Waals surface area (Å²) in [5.74, 6) is 0.220. The van der Waals surface area contributed by atoms with Crippen LogP contribution in [0.5, 0.6) is 0 Å². The van der Waals surface area contributed by atoms with Crippen LogP contribution >= 0.6 is 0 Å². The molecular weight excluding hydrogens is 298 g/mol. The van der Waals surface area contributed by atoms with Crippen LogP contribution in [0.3, 0.4) is 0 Å². The number of halogens is 2. The van der Waals surface area contributed by atoms with Gasteiger partial charge in [0.25, 0.3) is 0 Å². The van der Waals surface area contributed by atoms with E-state index in [0.29, 0.717) is 11.2 Å². The van der Waals surface area contributed by atoms with Crippen molar-refractivity contribution in [1.29, 1.82) is 0 Å². The van der Waals surface area contributed by atoms with Crippen LogP contribution < -0.4 is 10.2 Å². The van der Waals surface area contributed by atoms with Gasteiger partial charge in [-0.25, -0.2) is 13.5 Å². The Labute approximate surface area is 132 Å². The molecule has 0 radical (unpaired) electrons. The quantitative estimate of drug-likeness (QED) is 0.789. The lowest BCUT2D eigenvalue weighted by Crippen LogP contribution is -2.43. The van der Waals surface area contributed by atoms with Crippen LogP contribution in [-0.4, -0.2) is 36.0 Å². The fraction of sp³-hybridized carbons (Fsp3) is 0.235. The number of aromatic nitrogens is 2. The van der Waals surface area contributed by atoms with Crippen LogP contribution in [0.15, 0.2) is 42.5 Å². The number of piperazine rings is 1. The molecule has 0 saturated carbocycles. The maximum atomic E-state index is 13.7. The summed E-state index contributed by atoms with van der Waals surface area (Å²) < 4.78 is 28.6. The highest BCUT2D eigenvalue weighted by Crippen LogP contribution is 2.29. The molecule has 1 N–H and O–H groups in total. The maximum Gasteiger partial charge on any atom is 0.159 e. The average Bonchev–Trinajstić information content (AvgIpc) is 2.95. The van der Waals surface area contributed by atoms with Gasteiger partial charge in [-0.05, 0) is 36.4 Å². The first-order chi connectivity index (χ1) is 11.2. The van der Waals surface area contributed by atoms with Gasteiger partial charge in [0.05, 0.1) is 11.2 Å². The Morgan fingerprint density at radius 2 is 1.61 bits per heavy atom. The van der Waals surface area contributed by atoms with Crippen molar-refractivity contribution in [3.63, 3.8) is 0 Å². The van der Waals surface area contributed by atoms with Gasteiger partial charge in [-0.15, -0.1) is 5.10 Å². The molecule has 118 valence electrons. The summed E-state index contributed by atoms with van der Waals surface area (Å²) in [5.41, 5.74) is 1.40. The van der Waals surface area contributed by atoms with Gasteiger partial charge in [0, 0.05) is 37.6 Å². The molecule has 6 heteroatoms. The first kappa shape index (κ1) is 14.1. The Balaban J connectivity index is 1.89. The summed E-state index contributed by atoms with van der Waals surface area (Å²) in [6.45, 7) is 3.50. The van der Waals surface area contributed by atoms with E-state index in [-0.39, 0.29) is 11.6 Å². The number of benzene rings is 2. The zero-order chi connectivity index (χ0) is 15.8. The molecule has 3 aromatic rings. The lowest BCUT2D eigenvalue weighted by molar-refractivity contribution is 0.584. The van der Waals surface area contributed by atoms with Crippen molar-refractivity contribution in [1.82, 2.24) is 15.1 Å². The number of fused-ring (bicyclic) bond motifs is 1. The van der Waals surface area contributed by atoms with E-state index in [9.17, 15) is 8.78 Å². The first-order valence-electron chi connectivity index (χ1n) is 7.62. The molecule has 1 aliphatic heterocycles. The molecule has 1 aliphatic rings. The Morgan fingerprint density at radius 1 is 0.913 bits per heavy atom. The molecule has 1 fully saturated rings. The van der Waals surface area contributed by atoms with E-state index in [2.05, 4.69) is 15.3 Å². The largest absolute Gasteiger partial charge is 0.352 e. The van der Waals surface area contributed by atoms with Gasteiger partial charge >= 0.3 is 0 Å². The molecule has 23 heavy (non-hydrogen) atoms. The second-order valence-corrected chi connectivity index (χ2v) is 5.61. The number of hydrogen-bond donors (Lipinski definition) is 1. The molecule has 2 heterocycles. The number of nitrogens with zero attached hydrogens (tertiary/aromatic N) is 3. The van der Waals surface area contributed by atoms with Crippen molar-refractivity contribution in [2.24, 2.45) is 0 Å². The van der Waals surface area contributed by atoms with Crippen LogP contribution in [0.1, 0.15) is 0 Å². The third kappa shape index (κ3) is 2.55. The molecule has 0 aliphatic carbocycles. The molecule has 0 atom stereocenters. The highest BCUT2D eigenvalue weighted by Gasteiger charge is 2.19. The van der Waals surface area contributed by atoms with Crippen molar-refractivity contribution < 1.29 is 8.78 Å². The van der Waals surface area contributed by atoms with Crippen molar-refractivity contribution in [3.8, 4) is 5.69 Å². The second-order valence-electron chi connectivity index (χ2n) is 5.61. The Morgan fingerprint density at radius 3 is 2.35 bits per heavy atom. The van der Waals surface area contributed by atoms with E-state index in [1.165, 1.54) is 24.3 Å². The summed E-state index contributed by atoms with van der Waals surface area (Å²) in [7, 11) is 0. The smallest absolute Gasteiger partial charge is 0.159 e. The third-order valence-corrected chi connectivity index (χ3v) is 4.11. The predicted octanol–water partition coefficient (Wildman–Crippen LogP) is 2.71. The Kier molecular flexibility index (Phi) is 3.46. The van der Waals surface area contributed by atoms with Gasteiger partial charge < -0.3 is 10.2 Å². The van der Waals surface area contributed by atoms with Crippen LogP contribution in [0.2, 0.25) is 0 Å². The lowest BCUT2D eigenvalue weighted by atomic mass is 10.2. The highest BCUT2D eigenvalue weighted by atomic mass is 19.1. The molecule has 0 amide bonds. The lowest BCUT2D eigenvalue weighted by Gasteiger charge is -2.27. The van der Waals surface area contributed by atoms with Crippen molar-refractivity contribution in [3.05, 3.63) is 54.1 Å². The summed E-state index contributed by atoms with van der Waals surface area (Å²) in [6.07, 6.45) is 0. The maximum absolute atomic E-state index is 13.7. The minimum absolute atomic E-state index is 0.307. The highest BCUT2D eigenvalue weighted by molar-refractivity contribution is 5.92. The topological polar surface area (TPSA) is 33.1 Å². The predicted molar refractivity (Wildman–Crippen MR) is 86.1 cm³/mol. The van der Waals surface area contributed by atoms with Gasteiger partial charge in [-0.1, -0.05) is 0 Å². The normalized spacial score (nSPS) is 15.3. The van der Waals surface area contributed by atoms with Gasteiger partial charge in [-0.3, -0.25) is 0 Å². The van der Waals surface area contributed by atoms with E-state index in [4.69, 9.17) is 0 Å². The summed E-state index contributed by atoms with van der Waals surface area (Å²) in [5, 5.41) is 8.89. The van der Waals surface area contributed by atoms with E-state index >= 15 is 0 Å². The van der Waals surface area contributed by atoms with Crippen molar-refractivity contribution in [2.45, 2.75) is 0 Å². The average molecular weight is 314 g/mol. The number of hydrogen-bond acceptors (Lipinski definition) is 3. The van der Waals surface area contributed by atoms with Gasteiger partial charge in [-0.2, -0.15) is 0 Å². The molecule has 0 spiro atoms. The fourth-order valence-electron chi connectivity index (χ4n) is 2.96. The van der Waals surface area contributed by atoms with E-state index in [0.717, 1.165) is 37.4 Å². The fourth-order valence-corrected chi connectivity index (χ4v) is 2.96. The van der Waals surface area contributed by atoms with Crippen LogP contribution in [-0.2, 0) is 0 Å². The van der Waals surface area contributed by atoms with Crippen LogP contribution in [0, 0.1) is 11.6 Å². The minimum Gasteiger partial charge on any atom is -0.352 e.